The second kappa shape index (κ2) is 6.63. The molecule has 0 radical (unpaired) electrons. The Morgan fingerprint density at radius 2 is 2.19 bits per heavy atom. The van der Waals surface area contributed by atoms with Crippen molar-refractivity contribution in [3.8, 4) is 0 Å². The third kappa shape index (κ3) is 3.10. The molecule has 0 spiro atoms. The maximum absolute atomic E-state index is 13.0. The Morgan fingerprint density at radius 1 is 1.27 bits per heavy atom. The molecule has 3 aliphatic rings. The van der Waals surface area contributed by atoms with Crippen molar-refractivity contribution in [1.82, 2.24) is 14.9 Å². The first-order valence-corrected chi connectivity index (χ1v) is 10.2. The predicted molar refractivity (Wildman–Crippen MR) is 99.4 cm³/mol. The first-order chi connectivity index (χ1) is 12.8. The highest BCUT2D eigenvalue weighted by Crippen LogP contribution is 2.39. The van der Waals surface area contributed by atoms with E-state index >= 15 is 0 Å². The van der Waals surface area contributed by atoms with Crippen LogP contribution in [0.5, 0.6) is 0 Å². The highest BCUT2D eigenvalue weighted by Gasteiger charge is 2.33. The first kappa shape index (κ1) is 16.2. The van der Waals surface area contributed by atoms with Crippen molar-refractivity contribution in [1.29, 1.82) is 0 Å². The lowest BCUT2D eigenvalue weighted by molar-refractivity contribution is -0.145. The summed E-state index contributed by atoms with van der Waals surface area (Å²) in [6.07, 6.45) is 4.63. The van der Waals surface area contributed by atoms with Crippen LogP contribution >= 0.6 is 11.3 Å². The molecular formula is C19H22N4O2S. The minimum absolute atomic E-state index is 0.100. The van der Waals surface area contributed by atoms with Gasteiger partial charge in [-0.05, 0) is 36.3 Å². The van der Waals surface area contributed by atoms with Crippen LogP contribution in [0.4, 0.5) is 5.82 Å². The molecule has 1 atom stereocenters. The van der Waals surface area contributed by atoms with E-state index in [4.69, 9.17) is 4.74 Å². The first-order valence-electron chi connectivity index (χ1n) is 9.30. The zero-order valence-corrected chi connectivity index (χ0v) is 15.5. The number of hydrogen-bond acceptors (Lipinski definition) is 6. The van der Waals surface area contributed by atoms with Gasteiger partial charge in [-0.2, -0.15) is 0 Å². The van der Waals surface area contributed by atoms with E-state index in [1.54, 1.807) is 17.7 Å². The Hall–Kier alpha value is -1.99. The lowest BCUT2D eigenvalue weighted by Gasteiger charge is -2.36. The predicted octanol–water partition coefficient (Wildman–Crippen LogP) is 2.21. The molecule has 136 valence electrons. The number of hydrogen-bond donors (Lipinski definition) is 0. The van der Waals surface area contributed by atoms with Crippen LogP contribution in [0.1, 0.15) is 34.9 Å². The van der Waals surface area contributed by atoms with Crippen molar-refractivity contribution >= 4 is 23.1 Å². The van der Waals surface area contributed by atoms with Crippen LogP contribution in [0.15, 0.2) is 23.8 Å². The number of fused-ring (bicyclic) bond motifs is 1. The summed E-state index contributed by atoms with van der Waals surface area (Å²) in [5.74, 6) is 1.62. The zero-order valence-electron chi connectivity index (χ0n) is 14.6. The Kier molecular flexibility index (Phi) is 4.13. The minimum Gasteiger partial charge on any atom is -0.365 e. The van der Waals surface area contributed by atoms with E-state index in [2.05, 4.69) is 32.4 Å². The number of thiophene rings is 1. The molecule has 0 N–H and O–H groups in total. The molecule has 1 saturated heterocycles. The molecule has 0 bridgehead atoms. The molecule has 5 rings (SSSR count). The highest BCUT2D eigenvalue weighted by atomic mass is 32.1. The van der Waals surface area contributed by atoms with Crippen LogP contribution < -0.4 is 4.90 Å². The number of aromatic nitrogens is 2. The number of amides is 1. The fourth-order valence-corrected chi connectivity index (χ4v) is 4.67. The fourth-order valence-electron chi connectivity index (χ4n) is 3.78. The summed E-state index contributed by atoms with van der Waals surface area (Å²) >= 11 is 1.79. The summed E-state index contributed by atoms with van der Waals surface area (Å²) in [5, 5.41) is 2.12. The van der Waals surface area contributed by atoms with E-state index < -0.39 is 6.10 Å². The van der Waals surface area contributed by atoms with Gasteiger partial charge in [-0.25, -0.2) is 9.97 Å². The smallest absolute Gasteiger partial charge is 0.253 e. The molecule has 0 aromatic carbocycles. The maximum atomic E-state index is 13.0. The molecule has 1 unspecified atom stereocenters. The summed E-state index contributed by atoms with van der Waals surface area (Å²) in [4.78, 5) is 27.3. The third-order valence-corrected chi connectivity index (χ3v) is 6.48. The fraction of sp³-hybridized carbons (Fsp3) is 0.526. The third-order valence-electron chi connectivity index (χ3n) is 5.45. The monoisotopic (exact) mass is 370 g/mol. The van der Waals surface area contributed by atoms with Gasteiger partial charge in [0.1, 0.15) is 12.1 Å². The number of morpholine rings is 1. The van der Waals surface area contributed by atoms with Gasteiger partial charge < -0.3 is 14.5 Å². The largest absolute Gasteiger partial charge is 0.365 e. The van der Waals surface area contributed by atoms with Crippen molar-refractivity contribution in [2.24, 2.45) is 0 Å². The van der Waals surface area contributed by atoms with Crippen molar-refractivity contribution in [2.45, 2.75) is 37.8 Å². The number of carbonyl (C=O) groups is 1. The molecule has 1 saturated carbocycles. The topological polar surface area (TPSA) is 58.6 Å². The highest BCUT2D eigenvalue weighted by molar-refractivity contribution is 7.10. The molecule has 4 heterocycles. The lowest BCUT2D eigenvalue weighted by atomic mass is 10.1. The van der Waals surface area contributed by atoms with Gasteiger partial charge in [0.2, 0.25) is 0 Å². The van der Waals surface area contributed by atoms with E-state index in [1.165, 1.54) is 23.3 Å². The lowest BCUT2D eigenvalue weighted by Crippen LogP contribution is -2.52. The van der Waals surface area contributed by atoms with Crippen LogP contribution in [0.25, 0.3) is 0 Å². The number of rotatable bonds is 3. The Labute approximate surface area is 156 Å². The molecular weight excluding hydrogens is 348 g/mol. The summed E-state index contributed by atoms with van der Waals surface area (Å²) in [6.45, 7) is 3.37. The van der Waals surface area contributed by atoms with Gasteiger partial charge in [-0.3, -0.25) is 4.79 Å². The van der Waals surface area contributed by atoms with Gasteiger partial charge in [-0.15, -0.1) is 11.3 Å². The van der Waals surface area contributed by atoms with Crippen LogP contribution in [0.2, 0.25) is 0 Å². The molecule has 1 aliphatic carbocycles. The molecule has 1 amide bonds. The van der Waals surface area contributed by atoms with Gasteiger partial charge in [0, 0.05) is 42.2 Å². The average molecular weight is 370 g/mol. The van der Waals surface area contributed by atoms with E-state index in [-0.39, 0.29) is 5.91 Å². The summed E-state index contributed by atoms with van der Waals surface area (Å²) < 4.78 is 5.83. The van der Waals surface area contributed by atoms with Crippen LogP contribution in [0, 0.1) is 0 Å². The molecule has 2 aromatic rings. The van der Waals surface area contributed by atoms with Gasteiger partial charge in [-0.1, -0.05) is 0 Å². The quantitative estimate of drug-likeness (QED) is 0.829. The Bertz CT molecular complexity index is 819. The van der Waals surface area contributed by atoms with E-state index in [1.807, 2.05) is 4.90 Å². The molecule has 26 heavy (non-hydrogen) atoms. The second-order valence-electron chi connectivity index (χ2n) is 7.26. The van der Waals surface area contributed by atoms with Crippen LogP contribution in [-0.4, -0.2) is 53.1 Å². The van der Waals surface area contributed by atoms with E-state index in [0.29, 0.717) is 25.6 Å². The van der Waals surface area contributed by atoms with Crippen LogP contribution in [0.3, 0.4) is 0 Å². The summed E-state index contributed by atoms with van der Waals surface area (Å²) in [5.41, 5.74) is 2.41. The second-order valence-corrected chi connectivity index (χ2v) is 8.26. The normalized spacial score (nSPS) is 23.0. The van der Waals surface area contributed by atoms with Gasteiger partial charge in [0.05, 0.1) is 13.2 Å². The molecule has 6 nitrogen and oxygen atoms in total. The number of nitrogens with zero attached hydrogens (tertiary/aromatic N) is 4. The summed E-state index contributed by atoms with van der Waals surface area (Å²) in [7, 11) is 0. The average Bonchev–Trinajstić information content (AvgIpc) is 3.45. The number of anilines is 1. The Balaban J connectivity index is 1.28. The molecule has 2 fully saturated rings. The van der Waals surface area contributed by atoms with Crippen molar-refractivity contribution in [3.63, 3.8) is 0 Å². The Morgan fingerprint density at radius 3 is 3.08 bits per heavy atom. The van der Waals surface area contributed by atoms with E-state index in [0.717, 1.165) is 31.0 Å². The maximum Gasteiger partial charge on any atom is 0.253 e. The standard InChI is InChI=1S/C19H22N4O2S/c24-19(23-5-3-17-14(10-23)4-8-26-17)16-11-22(6-7-25-16)18-9-15(13-1-2-13)20-12-21-18/h4,8-9,12-13,16H,1-3,5-7,10-11H2. The number of carbonyl (C=O) groups excluding carboxylic acids is 1. The minimum atomic E-state index is -0.414. The molecule has 2 aliphatic heterocycles. The zero-order chi connectivity index (χ0) is 17.5. The van der Waals surface area contributed by atoms with Crippen molar-refractivity contribution < 1.29 is 9.53 Å². The van der Waals surface area contributed by atoms with Gasteiger partial charge in [0.15, 0.2) is 6.10 Å². The van der Waals surface area contributed by atoms with E-state index in [9.17, 15) is 4.79 Å². The van der Waals surface area contributed by atoms with Gasteiger partial charge >= 0.3 is 0 Å². The van der Waals surface area contributed by atoms with Crippen molar-refractivity contribution in [2.75, 3.05) is 31.1 Å². The molecule has 2 aromatic heterocycles. The summed E-state index contributed by atoms with van der Waals surface area (Å²) in [6, 6.07) is 4.22. The molecule has 7 heteroatoms. The number of ether oxygens (including phenoxy) is 1. The van der Waals surface area contributed by atoms with Crippen molar-refractivity contribution in [3.05, 3.63) is 40.0 Å². The SMILES string of the molecule is O=C(C1CN(c2cc(C3CC3)ncn2)CCO1)N1CCc2sccc2C1. The van der Waals surface area contributed by atoms with Crippen LogP contribution in [-0.2, 0) is 22.5 Å². The van der Waals surface area contributed by atoms with Gasteiger partial charge in [0.25, 0.3) is 5.91 Å².